The molecule has 12 heteroatoms. The number of ether oxygens (including phenoxy) is 2. The van der Waals surface area contributed by atoms with Gasteiger partial charge in [0.25, 0.3) is 5.91 Å². The predicted molar refractivity (Wildman–Crippen MR) is 182 cm³/mol. The molecule has 2 unspecified atom stereocenters. The molecule has 6 aromatic rings. The van der Waals surface area contributed by atoms with Crippen LogP contribution in [0.1, 0.15) is 21.5 Å². The number of ketones is 1. The molecule has 0 saturated heterocycles. The molecule has 0 saturated carbocycles. The second-order valence-corrected chi connectivity index (χ2v) is 11.6. The second kappa shape index (κ2) is 15.5. The monoisotopic (exact) mass is 664 g/mol. The van der Waals surface area contributed by atoms with Crippen molar-refractivity contribution in [3.63, 3.8) is 0 Å². The van der Waals surface area contributed by atoms with Crippen LogP contribution >= 0.6 is 0 Å². The Hall–Kier alpha value is -6.01. The molecule has 2 atom stereocenters. The van der Waals surface area contributed by atoms with Crippen LogP contribution in [0, 0.1) is 13.8 Å². The molecule has 1 aromatic heterocycles. The van der Waals surface area contributed by atoms with E-state index >= 15 is 0 Å². The Labute approximate surface area is 279 Å². The summed E-state index contributed by atoms with van der Waals surface area (Å²) in [6, 6.07) is 31.5. The van der Waals surface area contributed by atoms with E-state index in [9.17, 15) is 18.9 Å². The standard InChI is InChI=1S/C29H25NO7S.C7H7N3/c1-19-8-17-26(35-2)25(18-19)30-29(33)28(27(32)20-6-4-3-5-7-20)36-22-13-15-24(16-14-22)38(34)37-23-11-9-21(31)10-12-23;1-5-2-3-6-7(4-5)9-10-8-6/h3-18,28,31H,1-2H3,(H,30,33);2-4H,1H3,(H,8,9,10). The number of aromatic amines is 1. The van der Waals surface area contributed by atoms with Gasteiger partial charge in [-0.15, -0.1) is 0 Å². The van der Waals surface area contributed by atoms with Crippen molar-refractivity contribution in [3.8, 4) is 23.0 Å². The van der Waals surface area contributed by atoms with Crippen molar-refractivity contribution in [2.45, 2.75) is 24.8 Å². The van der Waals surface area contributed by atoms with Crippen LogP contribution in [0.5, 0.6) is 23.0 Å². The molecule has 11 nitrogen and oxygen atoms in total. The number of carbonyl (C=O) groups excluding carboxylic acids is 2. The lowest BCUT2D eigenvalue weighted by molar-refractivity contribution is -0.120. The average Bonchev–Trinajstić information content (AvgIpc) is 3.57. The minimum absolute atomic E-state index is 0.0640. The van der Waals surface area contributed by atoms with Crippen LogP contribution in [-0.2, 0) is 15.9 Å². The molecule has 0 fully saturated rings. The van der Waals surface area contributed by atoms with Crippen LogP contribution in [0.15, 0.2) is 120 Å². The number of benzene rings is 5. The van der Waals surface area contributed by atoms with Crippen LogP contribution < -0.4 is 19.0 Å². The van der Waals surface area contributed by atoms with Crippen LogP contribution in [0.3, 0.4) is 0 Å². The molecule has 6 rings (SSSR count). The van der Waals surface area contributed by atoms with Gasteiger partial charge in [-0.3, -0.25) is 9.59 Å². The summed E-state index contributed by atoms with van der Waals surface area (Å²) in [5.74, 6) is -0.164. The number of phenolic OH excluding ortho intramolecular Hbond substituents is 1. The number of aromatic hydroxyl groups is 1. The lowest BCUT2D eigenvalue weighted by atomic mass is 10.1. The van der Waals surface area contributed by atoms with E-state index in [-0.39, 0.29) is 11.5 Å². The number of rotatable bonds is 10. The summed E-state index contributed by atoms with van der Waals surface area (Å²) in [6.07, 6.45) is -1.51. The molecule has 0 spiro atoms. The van der Waals surface area contributed by atoms with Crippen molar-refractivity contribution in [1.82, 2.24) is 15.4 Å². The Balaban J connectivity index is 0.000000380. The molecule has 0 radical (unpaired) electrons. The van der Waals surface area contributed by atoms with Gasteiger partial charge >= 0.3 is 0 Å². The fraction of sp³-hybridized carbons (Fsp3) is 0.111. The Kier molecular flexibility index (Phi) is 10.8. The van der Waals surface area contributed by atoms with Crippen molar-refractivity contribution in [1.29, 1.82) is 0 Å². The van der Waals surface area contributed by atoms with E-state index in [0.717, 1.165) is 16.6 Å². The van der Waals surface area contributed by atoms with E-state index in [1.54, 1.807) is 42.5 Å². The number of phenols is 1. The van der Waals surface area contributed by atoms with Crippen LogP contribution in [0.2, 0.25) is 0 Å². The first-order valence-corrected chi connectivity index (χ1v) is 15.8. The number of amides is 1. The fourth-order valence-corrected chi connectivity index (χ4v) is 5.19. The summed E-state index contributed by atoms with van der Waals surface area (Å²) in [6.45, 7) is 3.91. The number of nitrogens with one attached hydrogen (secondary N) is 2. The van der Waals surface area contributed by atoms with E-state index in [1.165, 1.54) is 61.2 Å². The quantitative estimate of drug-likeness (QED) is 0.112. The first-order chi connectivity index (χ1) is 23.2. The van der Waals surface area contributed by atoms with Crippen LogP contribution in [0.4, 0.5) is 5.69 Å². The second-order valence-electron chi connectivity index (χ2n) is 10.5. The predicted octanol–water partition coefficient (Wildman–Crippen LogP) is 6.35. The van der Waals surface area contributed by atoms with Crippen LogP contribution in [-0.4, -0.2) is 49.6 Å². The highest BCUT2D eigenvalue weighted by molar-refractivity contribution is 7.80. The first-order valence-electron chi connectivity index (χ1n) is 14.7. The molecule has 5 aromatic carbocycles. The number of hydrogen-bond acceptors (Lipinski definition) is 9. The molecule has 1 amide bonds. The third-order valence-corrected chi connectivity index (χ3v) is 7.90. The normalized spacial score (nSPS) is 11.8. The van der Waals surface area contributed by atoms with Gasteiger partial charge in [-0.25, -0.2) is 4.21 Å². The zero-order valence-corrected chi connectivity index (χ0v) is 27.1. The highest BCUT2D eigenvalue weighted by Gasteiger charge is 2.30. The number of fused-ring (bicyclic) bond motifs is 1. The zero-order valence-electron chi connectivity index (χ0n) is 26.2. The molecule has 244 valence electrons. The number of carbonyl (C=O) groups is 2. The number of Topliss-reactive ketones (excluding diaryl/α,β-unsaturated/α-hetero) is 1. The van der Waals surface area contributed by atoms with Crippen molar-refractivity contribution in [2.24, 2.45) is 0 Å². The Bertz CT molecular complexity index is 2030. The number of methoxy groups -OCH3 is 1. The fourth-order valence-electron chi connectivity index (χ4n) is 4.45. The number of anilines is 1. The lowest BCUT2D eigenvalue weighted by Gasteiger charge is -2.19. The average molecular weight is 665 g/mol. The Morgan fingerprint density at radius 3 is 2.15 bits per heavy atom. The van der Waals surface area contributed by atoms with E-state index in [1.807, 2.05) is 38.1 Å². The molecule has 1 heterocycles. The number of H-pyrrole nitrogens is 1. The first kappa shape index (κ1) is 33.4. The SMILES string of the molecule is COc1ccc(C)cc1NC(=O)C(Oc1ccc(S(=O)Oc2ccc(O)cc2)cc1)C(=O)c1ccccc1.Cc1ccc2n[nH]nc2c1. The maximum Gasteiger partial charge on any atom is 0.273 e. The molecule has 3 N–H and O–H groups in total. The summed E-state index contributed by atoms with van der Waals surface area (Å²) < 4.78 is 29.2. The summed E-state index contributed by atoms with van der Waals surface area (Å²) in [5, 5.41) is 22.5. The summed E-state index contributed by atoms with van der Waals surface area (Å²) >= 11 is -1.84. The van der Waals surface area contributed by atoms with Crippen molar-refractivity contribution >= 4 is 39.5 Å². The van der Waals surface area contributed by atoms with Gasteiger partial charge < -0.3 is 24.1 Å². The molecule has 0 aliphatic carbocycles. The topological polar surface area (TPSA) is 153 Å². The third-order valence-electron chi connectivity index (χ3n) is 6.90. The highest BCUT2D eigenvalue weighted by atomic mass is 32.2. The van der Waals surface area contributed by atoms with E-state index in [4.69, 9.17) is 13.7 Å². The largest absolute Gasteiger partial charge is 0.508 e. The Morgan fingerprint density at radius 2 is 1.44 bits per heavy atom. The van der Waals surface area contributed by atoms with Gasteiger partial charge in [-0.05, 0) is 97.8 Å². The van der Waals surface area contributed by atoms with Gasteiger partial charge in [-0.1, -0.05) is 42.5 Å². The number of nitrogens with zero attached hydrogens (tertiary/aromatic N) is 2. The van der Waals surface area contributed by atoms with Gasteiger partial charge in [0.1, 0.15) is 34.0 Å². The lowest BCUT2D eigenvalue weighted by Crippen LogP contribution is -2.40. The van der Waals surface area contributed by atoms with Gasteiger partial charge in [0.05, 0.1) is 17.7 Å². The summed E-state index contributed by atoms with van der Waals surface area (Å²) in [4.78, 5) is 27.0. The van der Waals surface area contributed by atoms with Gasteiger partial charge in [0.2, 0.25) is 23.0 Å². The third kappa shape index (κ3) is 8.62. The maximum atomic E-state index is 13.3. The minimum Gasteiger partial charge on any atom is -0.508 e. The summed E-state index contributed by atoms with van der Waals surface area (Å²) in [7, 11) is 1.49. The van der Waals surface area contributed by atoms with Crippen molar-refractivity contribution in [2.75, 3.05) is 12.4 Å². The summed E-state index contributed by atoms with van der Waals surface area (Å²) in [5.41, 5.74) is 4.67. The van der Waals surface area contributed by atoms with E-state index in [2.05, 4.69) is 20.7 Å². The zero-order chi connectivity index (χ0) is 34.0. The van der Waals surface area contributed by atoms with E-state index < -0.39 is 28.9 Å². The number of aromatic nitrogens is 3. The molecular weight excluding hydrogens is 632 g/mol. The Morgan fingerprint density at radius 1 is 0.792 bits per heavy atom. The van der Waals surface area contributed by atoms with Gasteiger partial charge in [0, 0.05) is 5.56 Å². The van der Waals surface area contributed by atoms with Crippen molar-refractivity contribution < 1.29 is 32.6 Å². The van der Waals surface area contributed by atoms with Crippen molar-refractivity contribution in [3.05, 3.63) is 132 Å². The smallest absolute Gasteiger partial charge is 0.273 e. The molecule has 0 bridgehead atoms. The minimum atomic E-state index is -1.84. The molecule has 0 aliphatic heterocycles. The molecular formula is C36H32N4O7S. The highest BCUT2D eigenvalue weighted by Crippen LogP contribution is 2.27. The number of aryl methyl sites for hydroxylation is 2. The van der Waals surface area contributed by atoms with E-state index in [0.29, 0.717) is 27.6 Å². The maximum absolute atomic E-state index is 13.3. The number of hydrogen-bond donors (Lipinski definition) is 3. The van der Waals surface area contributed by atoms with Gasteiger partial charge in [0.15, 0.2) is 0 Å². The molecule has 48 heavy (non-hydrogen) atoms. The van der Waals surface area contributed by atoms with Gasteiger partial charge in [-0.2, -0.15) is 15.4 Å². The van der Waals surface area contributed by atoms with Crippen LogP contribution in [0.25, 0.3) is 11.0 Å². The molecule has 0 aliphatic rings.